The predicted octanol–water partition coefficient (Wildman–Crippen LogP) is 2.27. The van der Waals surface area contributed by atoms with Crippen molar-refractivity contribution in [1.82, 2.24) is 0 Å². The molecule has 1 fully saturated rings. The first-order chi connectivity index (χ1) is 9.30. The number of benzene rings is 1. The zero-order valence-corrected chi connectivity index (χ0v) is 13.0. The van der Waals surface area contributed by atoms with E-state index < -0.39 is 9.05 Å². The summed E-state index contributed by atoms with van der Waals surface area (Å²) >= 11 is 5.87. The highest BCUT2D eigenvalue weighted by Gasteiger charge is 2.34. The fourth-order valence-corrected chi connectivity index (χ4v) is 3.76. The molecule has 0 spiro atoms. The average molecular weight is 338 g/mol. The molecule has 110 valence electrons. The molecule has 1 atom stereocenters. The molecule has 1 unspecified atom stereocenters. The van der Waals surface area contributed by atoms with E-state index in [4.69, 9.17) is 27.0 Å². The van der Waals surface area contributed by atoms with Crippen LogP contribution in [-0.2, 0) is 13.8 Å². The Morgan fingerprint density at radius 2 is 2.15 bits per heavy atom. The van der Waals surface area contributed by atoms with E-state index >= 15 is 0 Å². The van der Waals surface area contributed by atoms with E-state index in [9.17, 15) is 13.2 Å². The molecule has 1 aliphatic heterocycles. The minimum Gasteiger partial charge on any atom is -0.495 e. The van der Waals surface area contributed by atoms with Gasteiger partial charge in [-0.3, -0.25) is 4.79 Å². The minimum absolute atomic E-state index is 0.151. The maximum absolute atomic E-state index is 12.0. The summed E-state index contributed by atoms with van der Waals surface area (Å²) in [4.78, 5) is 13.5. The highest BCUT2D eigenvalue weighted by Crippen LogP contribution is 2.35. The SMILES string of the molecule is COc1cc(Cl)ccc1N1CC(CS(=O)(=O)Cl)CC1=O. The Balaban J connectivity index is 2.24. The summed E-state index contributed by atoms with van der Waals surface area (Å²) in [6, 6.07) is 4.94. The lowest BCUT2D eigenvalue weighted by Crippen LogP contribution is -2.25. The molecule has 0 saturated carbocycles. The maximum atomic E-state index is 12.0. The van der Waals surface area contributed by atoms with Gasteiger partial charge in [0.25, 0.3) is 0 Å². The number of hydrogen-bond acceptors (Lipinski definition) is 4. The number of carbonyl (C=O) groups is 1. The van der Waals surface area contributed by atoms with Gasteiger partial charge in [0, 0.05) is 40.7 Å². The van der Waals surface area contributed by atoms with Crippen molar-refractivity contribution in [1.29, 1.82) is 0 Å². The molecule has 1 heterocycles. The molecule has 2 rings (SSSR count). The number of carbonyl (C=O) groups excluding carboxylic acids is 1. The van der Waals surface area contributed by atoms with Crippen LogP contribution in [0.15, 0.2) is 18.2 Å². The number of anilines is 1. The van der Waals surface area contributed by atoms with Crippen molar-refractivity contribution in [3.05, 3.63) is 23.2 Å². The molecule has 0 bridgehead atoms. The van der Waals surface area contributed by atoms with Crippen LogP contribution >= 0.6 is 22.3 Å². The Morgan fingerprint density at radius 1 is 1.45 bits per heavy atom. The number of nitrogens with zero attached hydrogens (tertiary/aromatic N) is 1. The first-order valence-corrected chi connectivity index (χ1v) is 8.72. The topological polar surface area (TPSA) is 63.7 Å². The molecule has 1 aromatic carbocycles. The minimum atomic E-state index is -3.62. The van der Waals surface area contributed by atoms with Crippen molar-refractivity contribution < 1.29 is 17.9 Å². The third-order valence-corrected chi connectivity index (χ3v) is 4.56. The average Bonchev–Trinajstić information content (AvgIpc) is 2.67. The Labute approximate surface area is 126 Å². The number of amides is 1. The third-order valence-electron chi connectivity index (χ3n) is 3.07. The molecule has 8 heteroatoms. The second-order valence-electron chi connectivity index (χ2n) is 4.60. The third kappa shape index (κ3) is 3.56. The predicted molar refractivity (Wildman–Crippen MR) is 78.1 cm³/mol. The van der Waals surface area contributed by atoms with Crippen LogP contribution in [0, 0.1) is 5.92 Å². The fourth-order valence-electron chi connectivity index (χ4n) is 2.28. The molecule has 20 heavy (non-hydrogen) atoms. The molecule has 1 aromatic rings. The van der Waals surface area contributed by atoms with Gasteiger partial charge >= 0.3 is 0 Å². The number of methoxy groups -OCH3 is 1. The van der Waals surface area contributed by atoms with E-state index in [1.807, 2.05) is 0 Å². The van der Waals surface area contributed by atoms with Crippen molar-refractivity contribution in [2.45, 2.75) is 6.42 Å². The van der Waals surface area contributed by atoms with Gasteiger partial charge < -0.3 is 9.64 Å². The lowest BCUT2D eigenvalue weighted by Gasteiger charge is -2.19. The van der Waals surface area contributed by atoms with E-state index in [1.165, 1.54) is 12.0 Å². The van der Waals surface area contributed by atoms with E-state index in [2.05, 4.69) is 0 Å². The van der Waals surface area contributed by atoms with Gasteiger partial charge in [0.1, 0.15) is 5.75 Å². The summed E-state index contributed by atoms with van der Waals surface area (Å²) in [6.07, 6.45) is 0.151. The van der Waals surface area contributed by atoms with Crippen molar-refractivity contribution in [2.24, 2.45) is 5.92 Å². The highest BCUT2D eigenvalue weighted by atomic mass is 35.7. The number of ether oxygens (including phenoxy) is 1. The van der Waals surface area contributed by atoms with Crippen LogP contribution in [0.4, 0.5) is 5.69 Å². The molecule has 0 N–H and O–H groups in total. The lowest BCUT2D eigenvalue weighted by atomic mass is 10.1. The summed E-state index contributed by atoms with van der Waals surface area (Å²) in [5.41, 5.74) is 0.580. The van der Waals surface area contributed by atoms with Crippen molar-refractivity contribution in [3.63, 3.8) is 0 Å². The fraction of sp³-hybridized carbons (Fsp3) is 0.417. The van der Waals surface area contributed by atoms with E-state index in [0.29, 0.717) is 23.0 Å². The molecule has 1 saturated heterocycles. The molecule has 0 aromatic heterocycles. The largest absolute Gasteiger partial charge is 0.495 e. The second kappa shape index (κ2) is 5.79. The maximum Gasteiger partial charge on any atom is 0.232 e. The molecule has 1 aliphatic rings. The normalized spacial score (nSPS) is 19.4. The monoisotopic (exact) mass is 337 g/mol. The van der Waals surface area contributed by atoms with Gasteiger partial charge in [-0.15, -0.1) is 0 Å². The Kier molecular flexibility index (Phi) is 4.46. The molecule has 0 aliphatic carbocycles. The Bertz CT molecular complexity index is 632. The molecule has 1 amide bonds. The van der Waals surface area contributed by atoms with Gasteiger partial charge in [0.05, 0.1) is 18.6 Å². The van der Waals surface area contributed by atoms with Crippen molar-refractivity contribution in [3.8, 4) is 5.75 Å². The van der Waals surface area contributed by atoms with Crippen LogP contribution in [0.5, 0.6) is 5.75 Å². The number of halogens is 2. The van der Waals surface area contributed by atoms with Gasteiger partial charge in [-0.05, 0) is 12.1 Å². The summed E-state index contributed by atoms with van der Waals surface area (Å²) in [6.45, 7) is 0.294. The smallest absolute Gasteiger partial charge is 0.232 e. The van der Waals surface area contributed by atoms with E-state index in [-0.39, 0.29) is 24.0 Å². The molecule has 5 nitrogen and oxygen atoms in total. The van der Waals surface area contributed by atoms with Gasteiger partial charge in [-0.2, -0.15) is 0 Å². The van der Waals surface area contributed by atoms with Crippen LogP contribution in [-0.4, -0.2) is 33.7 Å². The summed E-state index contributed by atoms with van der Waals surface area (Å²) in [7, 11) is 3.10. The number of hydrogen-bond donors (Lipinski definition) is 0. The van der Waals surface area contributed by atoms with Gasteiger partial charge in [-0.1, -0.05) is 11.6 Å². The van der Waals surface area contributed by atoms with Crippen LogP contribution < -0.4 is 9.64 Å². The van der Waals surface area contributed by atoms with Crippen LogP contribution in [0.3, 0.4) is 0 Å². The van der Waals surface area contributed by atoms with Crippen LogP contribution in [0.1, 0.15) is 6.42 Å². The van der Waals surface area contributed by atoms with Gasteiger partial charge in [0.2, 0.25) is 15.0 Å². The van der Waals surface area contributed by atoms with Crippen LogP contribution in [0.2, 0.25) is 5.02 Å². The first kappa shape index (κ1) is 15.4. The van der Waals surface area contributed by atoms with E-state index in [1.54, 1.807) is 18.2 Å². The van der Waals surface area contributed by atoms with Crippen molar-refractivity contribution in [2.75, 3.05) is 24.3 Å². The molecular formula is C12H13Cl2NO4S. The van der Waals surface area contributed by atoms with Crippen LogP contribution in [0.25, 0.3) is 0 Å². The number of rotatable bonds is 4. The Morgan fingerprint density at radius 3 is 2.75 bits per heavy atom. The summed E-state index contributed by atoms with van der Waals surface area (Å²) in [5, 5.41) is 0.497. The summed E-state index contributed by atoms with van der Waals surface area (Å²) < 4.78 is 27.4. The molecule has 0 radical (unpaired) electrons. The summed E-state index contributed by atoms with van der Waals surface area (Å²) in [5.74, 6) is -0.214. The highest BCUT2D eigenvalue weighted by molar-refractivity contribution is 8.13. The van der Waals surface area contributed by atoms with Gasteiger partial charge in [-0.25, -0.2) is 8.42 Å². The molecular weight excluding hydrogens is 325 g/mol. The second-order valence-corrected chi connectivity index (χ2v) is 7.85. The standard InChI is InChI=1S/C12H13Cl2NO4S/c1-19-11-5-9(13)2-3-10(11)15-6-8(4-12(15)16)7-20(14,17)18/h2-3,5,8H,4,6-7H2,1H3. The van der Waals surface area contributed by atoms with Crippen molar-refractivity contribution >= 4 is 42.9 Å². The quantitative estimate of drug-likeness (QED) is 0.790. The Hall–Kier alpha value is -0.980. The lowest BCUT2D eigenvalue weighted by molar-refractivity contribution is -0.117. The zero-order valence-electron chi connectivity index (χ0n) is 10.7. The zero-order chi connectivity index (χ0) is 14.9. The van der Waals surface area contributed by atoms with Gasteiger partial charge in [0.15, 0.2) is 0 Å². The van der Waals surface area contributed by atoms with E-state index in [0.717, 1.165) is 0 Å². The first-order valence-electron chi connectivity index (χ1n) is 5.86.